The van der Waals surface area contributed by atoms with E-state index in [0.29, 0.717) is 35.8 Å². The normalized spacial score (nSPS) is 12.1. The minimum absolute atomic E-state index is 0.388. The Bertz CT molecular complexity index is 343. The van der Waals surface area contributed by atoms with Crippen LogP contribution in [0.1, 0.15) is 18.1 Å². The van der Waals surface area contributed by atoms with Crippen molar-refractivity contribution in [2.24, 2.45) is 5.73 Å². The smallest absolute Gasteiger partial charge is 0.132 e. The zero-order chi connectivity index (χ0) is 12.8. The van der Waals surface area contributed by atoms with E-state index in [0.717, 1.165) is 0 Å². The Morgan fingerprint density at radius 1 is 1.12 bits per heavy atom. The number of aliphatic hydroxyl groups is 1. The van der Waals surface area contributed by atoms with E-state index in [9.17, 15) is 5.11 Å². The SMILES string of the molecule is COc1cc(OC)c(C(O)CCN)c(OC)c1. The zero-order valence-corrected chi connectivity index (χ0v) is 10.4. The molecule has 0 bridgehead atoms. The van der Waals surface area contributed by atoms with E-state index >= 15 is 0 Å². The van der Waals surface area contributed by atoms with Crippen LogP contribution in [-0.2, 0) is 0 Å². The molecule has 3 N–H and O–H groups in total. The minimum atomic E-state index is -0.712. The van der Waals surface area contributed by atoms with Crippen LogP contribution in [0, 0.1) is 0 Å². The van der Waals surface area contributed by atoms with Gasteiger partial charge >= 0.3 is 0 Å². The first-order valence-electron chi connectivity index (χ1n) is 5.36. The molecule has 1 unspecified atom stereocenters. The molecule has 96 valence electrons. The fourth-order valence-corrected chi connectivity index (χ4v) is 1.66. The van der Waals surface area contributed by atoms with Gasteiger partial charge in [-0.2, -0.15) is 0 Å². The van der Waals surface area contributed by atoms with E-state index in [2.05, 4.69) is 0 Å². The van der Waals surface area contributed by atoms with E-state index in [1.165, 1.54) is 14.2 Å². The highest BCUT2D eigenvalue weighted by Gasteiger charge is 2.19. The van der Waals surface area contributed by atoms with Crippen LogP contribution in [0.2, 0.25) is 0 Å². The second-order valence-electron chi connectivity index (χ2n) is 3.54. The molecule has 5 nitrogen and oxygen atoms in total. The highest BCUT2D eigenvalue weighted by molar-refractivity contribution is 5.51. The minimum Gasteiger partial charge on any atom is -0.496 e. The Hall–Kier alpha value is -1.46. The van der Waals surface area contributed by atoms with Gasteiger partial charge in [-0.25, -0.2) is 0 Å². The maximum absolute atomic E-state index is 10.0. The average molecular weight is 241 g/mol. The van der Waals surface area contributed by atoms with Gasteiger partial charge < -0.3 is 25.1 Å². The Balaban J connectivity index is 3.23. The predicted octanol–water partition coefficient (Wildman–Crippen LogP) is 1.09. The molecule has 0 aliphatic carbocycles. The third-order valence-corrected chi connectivity index (χ3v) is 2.53. The van der Waals surface area contributed by atoms with Crippen molar-refractivity contribution in [3.63, 3.8) is 0 Å². The van der Waals surface area contributed by atoms with E-state index in [1.54, 1.807) is 19.2 Å². The number of benzene rings is 1. The van der Waals surface area contributed by atoms with Gasteiger partial charge in [0.05, 0.1) is 33.0 Å². The van der Waals surface area contributed by atoms with E-state index in [-0.39, 0.29) is 0 Å². The fraction of sp³-hybridized carbons (Fsp3) is 0.500. The van der Waals surface area contributed by atoms with Crippen LogP contribution in [0.5, 0.6) is 17.2 Å². The number of nitrogens with two attached hydrogens (primary N) is 1. The van der Waals surface area contributed by atoms with Gasteiger partial charge in [0.1, 0.15) is 17.2 Å². The van der Waals surface area contributed by atoms with Crippen molar-refractivity contribution < 1.29 is 19.3 Å². The number of hydrogen-bond acceptors (Lipinski definition) is 5. The lowest BCUT2D eigenvalue weighted by molar-refractivity contribution is 0.161. The standard InChI is InChI=1S/C12H19NO4/c1-15-8-6-10(16-2)12(9(14)4-5-13)11(7-8)17-3/h6-7,9,14H,4-5,13H2,1-3H3. The summed E-state index contributed by atoms with van der Waals surface area (Å²) in [5.41, 5.74) is 6.04. The molecule has 0 saturated heterocycles. The number of hydrogen-bond donors (Lipinski definition) is 2. The molecule has 1 aromatic rings. The first kappa shape index (κ1) is 13.6. The van der Waals surface area contributed by atoms with Crippen molar-refractivity contribution >= 4 is 0 Å². The molecule has 0 spiro atoms. The molecule has 1 aromatic carbocycles. The van der Waals surface area contributed by atoms with Crippen LogP contribution in [0.25, 0.3) is 0 Å². The molecular weight excluding hydrogens is 222 g/mol. The third kappa shape index (κ3) is 3.01. The molecule has 0 saturated carbocycles. The molecular formula is C12H19NO4. The zero-order valence-electron chi connectivity index (χ0n) is 10.4. The molecule has 0 fully saturated rings. The third-order valence-electron chi connectivity index (χ3n) is 2.53. The second-order valence-corrected chi connectivity index (χ2v) is 3.54. The van der Waals surface area contributed by atoms with Crippen molar-refractivity contribution in [3.05, 3.63) is 17.7 Å². The Morgan fingerprint density at radius 2 is 1.65 bits per heavy atom. The van der Waals surface area contributed by atoms with Crippen LogP contribution >= 0.6 is 0 Å². The fourth-order valence-electron chi connectivity index (χ4n) is 1.66. The molecule has 0 aliphatic rings. The van der Waals surface area contributed by atoms with Crippen LogP contribution in [0.15, 0.2) is 12.1 Å². The quantitative estimate of drug-likeness (QED) is 0.780. The second kappa shape index (κ2) is 6.32. The summed E-state index contributed by atoms with van der Waals surface area (Å²) in [4.78, 5) is 0. The lowest BCUT2D eigenvalue weighted by Gasteiger charge is -2.18. The summed E-state index contributed by atoms with van der Waals surface area (Å²) in [7, 11) is 4.63. The maximum Gasteiger partial charge on any atom is 0.132 e. The van der Waals surface area contributed by atoms with Crippen LogP contribution in [0.3, 0.4) is 0 Å². The molecule has 1 rings (SSSR count). The van der Waals surface area contributed by atoms with Gasteiger partial charge in [-0.1, -0.05) is 0 Å². The first-order valence-corrected chi connectivity index (χ1v) is 5.36. The summed E-state index contributed by atoms with van der Waals surface area (Å²) < 4.78 is 15.6. The summed E-state index contributed by atoms with van der Waals surface area (Å²) in [6.07, 6.45) is -0.269. The highest BCUT2D eigenvalue weighted by Crippen LogP contribution is 2.39. The predicted molar refractivity (Wildman–Crippen MR) is 64.7 cm³/mol. The van der Waals surface area contributed by atoms with Gasteiger partial charge in [-0.15, -0.1) is 0 Å². The van der Waals surface area contributed by atoms with Gasteiger partial charge in [0.25, 0.3) is 0 Å². The van der Waals surface area contributed by atoms with Gasteiger partial charge in [0.15, 0.2) is 0 Å². The summed E-state index contributed by atoms with van der Waals surface area (Å²) in [5, 5.41) is 10.0. The van der Waals surface area contributed by atoms with Gasteiger partial charge in [-0.3, -0.25) is 0 Å². The van der Waals surface area contributed by atoms with Crippen molar-refractivity contribution in [3.8, 4) is 17.2 Å². The molecule has 0 heterocycles. The maximum atomic E-state index is 10.0. The Morgan fingerprint density at radius 3 is 2.00 bits per heavy atom. The highest BCUT2D eigenvalue weighted by atomic mass is 16.5. The van der Waals surface area contributed by atoms with E-state index in [4.69, 9.17) is 19.9 Å². The Kier molecular flexibility index (Phi) is 5.06. The van der Waals surface area contributed by atoms with Gasteiger partial charge in [0, 0.05) is 12.1 Å². The number of methoxy groups -OCH3 is 3. The van der Waals surface area contributed by atoms with Crippen molar-refractivity contribution in [1.82, 2.24) is 0 Å². The van der Waals surface area contributed by atoms with Crippen LogP contribution in [-0.4, -0.2) is 33.0 Å². The van der Waals surface area contributed by atoms with Gasteiger partial charge in [0.2, 0.25) is 0 Å². The number of rotatable bonds is 6. The monoisotopic (exact) mass is 241 g/mol. The summed E-state index contributed by atoms with van der Waals surface area (Å²) >= 11 is 0. The topological polar surface area (TPSA) is 73.9 Å². The van der Waals surface area contributed by atoms with Crippen molar-refractivity contribution in [2.75, 3.05) is 27.9 Å². The first-order chi connectivity index (χ1) is 8.17. The number of ether oxygens (including phenoxy) is 3. The van der Waals surface area contributed by atoms with E-state index < -0.39 is 6.10 Å². The molecule has 1 atom stereocenters. The molecule has 0 radical (unpaired) electrons. The van der Waals surface area contributed by atoms with Crippen LogP contribution < -0.4 is 19.9 Å². The van der Waals surface area contributed by atoms with Crippen molar-refractivity contribution in [1.29, 1.82) is 0 Å². The van der Waals surface area contributed by atoms with Crippen molar-refractivity contribution in [2.45, 2.75) is 12.5 Å². The molecule has 0 aliphatic heterocycles. The largest absolute Gasteiger partial charge is 0.496 e. The van der Waals surface area contributed by atoms with Gasteiger partial charge in [-0.05, 0) is 13.0 Å². The molecule has 5 heteroatoms. The number of aliphatic hydroxyl groups excluding tert-OH is 1. The van der Waals surface area contributed by atoms with E-state index in [1.807, 2.05) is 0 Å². The summed E-state index contributed by atoms with van der Waals surface area (Å²) in [5.74, 6) is 1.67. The van der Waals surface area contributed by atoms with Crippen LogP contribution in [0.4, 0.5) is 0 Å². The average Bonchev–Trinajstić information content (AvgIpc) is 2.37. The lowest BCUT2D eigenvalue weighted by Crippen LogP contribution is -2.09. The summed E-state index contributed by atoms with van der Waals surface area (Å²) in [6, 6.07) is 3.41. The molecule has 17 heavy (non-hydrogen) atoms. The molecule has 0 aromatic heterocycles. The molecule has 0 amide bonds. The summed E-state index contributed by atoms with van der Waals surface area (Å²) in [6.45, 7) is 0.388. The Labute approximate surface area is 101 Å². The lowest BCUT2D eigenvalue weighted by atomic mass is 10.0.